The van der Waals surface area contributed by atoms with Crippen molar-refractivity contribution in [1.29, 1.82) is 0 Å². The highest BCUT2D eigenvalue weighted by molar-refractivity contribution is 5.78. The molecule has 12 heavy (non-hydrogen) atoms. The Morgan fingerprint density at radius 1 is 1.42 bits per heavy atom. The average Bonchev–Trinajstić information content (AvgIpc) is 2.31. The number of halogens is 1. The zero-order valence-electron chi connectivity index (χ0n) is 7.00. The molecular formula is C9H9FN2. The summed E-state index contributed by atoms with van der Waals surface area (Å²) in [4.78, 5) is 4.06. The third kappa shape index (κ3) is 0.897. The predicted molar refractivity (Wildman–Crippen MR) is 45.4 cm³/mol. The quantitative estimate of drug-likeness (QED) is 0.582. The number of fused-ring (bicyclic) bond motifs is 1. The fourth-order valence-electron chi connectivity index (χ4n) is 1.48. The van der Waals surface area contributed by atoms with Crippen LogP contribution in [0.15, 0.2) is 18.5 Å². The molecule has 0 saturated heterocycles. The molecule has 0 unspecified atom stereocenters. The number of hydrogen-bond acceptors (Lipinski definition) is 1. The second kappa shape index (κ2) is 2.30. The van der Waals surface area contributed by atoms with Crippen LogP contribution in [0.4, 0.5) is 4.39 Å². The van der Waals surface area contributed by atoms with Crippen LogP contribution < -0.4 is 0 Å². The van der Waals surface area contributed by atoms with Gasteiger partial charge in [-0.05, 0) is 18.6 Å². The van der Waals surface area contributed by atoms with E-state index in [-0.39, 0.29) is 5.82 Å². The molecular weight excluding hydrogens is 155 g/mol. The Hall–Kier alpha value is -1.38. The Labute approximate surface area is 69.6 Å². The van der Waals surface area contributed by atoms with Crippen LogP contribution in [0.3, 0.4) is 0 Å². The summed E-state index contributed by atoms with van der Waals surface area (Å²) in [5.74, 6) is -0.223. The van der Waals surface area contributed by atoms with Gasteiger partial charge in [-0.15, -0.1) is 0 Å². The normalized spacial score (nSPS) is 10.9. The Morgan fingerprint density at radius 3 is 2.92 bits per heavy atom. The maximum Gasteiger partial charge on any atom is 0.125 e. The van der Waals surface area contributed by atoms with Crippen molar-refractivity contribution >= 4 is 11.0 Å². The lowest BCUT2D eigenvalue weighted by Gasteiger charge is -1.98. The summed E-state index contributed by atoms with van der Waals surface area (Å²) < 4.78 is 14.8. The van der Waals surface area contributed by atoms with E-state index < -0.39 is 0 Å². The van der Waals surface area contributed by atoms with E-state index in [1.807, 2.05) is 18.5 Å². The number of nitrogens with zero attached hydrogens (tertiary/aromatic N) is 2. The van der Waals surface area contributed by atoms with Gasteiger partial charge in [0.25, 0.3) is 0 Å². The fraction of sp³-hybridized carbons (Fsp3) is 0.222. The van der Waals surface area contributed by atoms with Crippen molar-refractivity contribution < 1.29 is 4.39 Å². The van der Waals surface area contributed by atoms with E-state index in [1.54, 1.807) is 6.33 Å². The highest BCUT2D eigenvalue weighted by atomic mass is 19.1. The summed E-state index contributed by atoms with van der Waals surface area (Å²) >= 11 is 0. The van der Waals surface area contributed by atoms with Crippen molar-refractivity contribution in [1.82, 2.24) is 9.55 Å². The molecule has 0 bridgehead atoms. The first-order chi connectivity index (χ1) is 5.68. The van der Waals surface area contributed by atoms with Gasteiger partial charge in [-0.25, -0.2) is 9.37 Å². The molecule has 2 aromatic rings. The fourth-order valence-corrected chi connectivity index (χ4v) is 1.48. The molecule has 0 aliphatic rings. The standard InChI is InChI=1S/C9H9FN2/c1-6-3-7(10)4-8-9(6)12(2)5-11-8/h3-5H,1-2H3. The molecule has 3 heteroatoms. The molecule has 0 aliphatic heterocycles. The Kier molecular flexibility index (Phi) is 1.40. The summed E-state index contributed by atoms with van der Waals surface area (Å²) in [7, 11) is 1.90. The van der Waals surface area contributed by atoms with Crippen LogP contribution >= 0.6 is 0 Å². The SMILES string of the molecule is Cc1cc(F)cc2ncn(C)c12. The van der Waals surface area contributed by atoms with E-state index >= 15 is 0 Å². The molecule has 0 N–H and O–H groups in total. The van der Waals surface area contributed by atoms with E-state index in [4.69, 9.17) is 0 Å². The van der Waals surface area contributed by atoms with Crippen LogP contribution in [0.25, 0.3) is 11.0 Å². The zero-order chi connectivity index (χ0) is 8.72. The number of benzene rings is 1. The summed E-state index contributed by atoms with van der Waals surface area (Å²) in [6.45, 7) is 1.88. The van der Waals surface area contributed by atoms with Crippen molar-refractivity contribution in [2.75, 3.05) is 0 Å². The molecule has 1 heterocycles. The predicted octanol–water partition coefficient (Wildman–Crippen LogP) is 2.02. The third-order valence-corrected chi connectivity index (χ3v) is 1.97. The van der Waals surface area contributed by atoms with E-state index in [1.165, 1.54) is 12.1 Å². The van der Waals surface area contributed by atoms with Crippen LogP contribution in [0.2, 0.25) is 0 Å². The average molecular weight is 164 g/mol. The van der Waals surface area contributed by atoms with Gasteiger partial charge < -0.3 is 4.57 Å². The molecule has 0 saturated carbocycles. The van der Waals surface area contributed by atoms with E-state index in [0.717, 1.165) is 16.6 Å². The lowest BCUT2D eigenvalue weighted by Crippen LogP contribution is -1.88. The minimum Gasteiger partial charge on any atom is -0.334 e. The van der Waals surface area contributed by atoms with Crippen LogP contribution in [-0.2, 0) is 7.05 Å². The van der Waals surface area contributed by atoms with Crippen LogP contribution in [0.5, 0.6) is 0 Å². The smallest absolute Gasteiger partial charge is 0.125 e. The van der Waals surface area contributed by atoms with Crippen molar-refractivity contribution in [3.8, 4) is 0 Å². The van der Waals surface area contributed by atoms with Gasteiger partial charge in [0.05, 0.1) is 17.4 Å². The largest absolute Gasteiger partial charge is 0.334 e. The van der Waals surface area contributed by atoms with Crippen molar-refractivity contribution in [2.24, 2.45) is 7.05 Å². The molecule has 2 nitrogen and oxygen atoms in total. The van der Waals surface area contributed by atoms with Gasteiger partial charge in [-0.3, -0.25) is 0 Å². The molecule has 0 radical (unpaired) electrons. The first-order valence-corrected chi connectivity index (χ1v) is 3.75. The van der Waals surface area contributed by atoms with E-state index in [9.17, 15) is 4.39 Å². The van der Waals surface area contributed by atoms with Gasteiger partial charge >= 0.3 is 0 Å². The highest BCUT2D eigenvalue weighted by Crippen LogP contribution is 2.17. The number of imidazole rings is 1. The Balaban J connectivity index is 2.93. The first-order valence-electron chi connectivity index (χ1n) is 3.75. The van der Waals surface area contributed by atoms with Gasteiger partial charge in [0, 0.05) is 13.1 Å². The topological polar surface area (TPSA) is 17.8 Å². The Morgan fingerprint density at radius 2 is 2.17 bits per heavy atom. The van der Waals surface area contributed by atoms with Gasteiger partial charge in [0.2, 0.25) is 0 Å². The second-order valence-electron chi connectivity index (χ2n) is 2.95. The molecule has 1 aromatic carbocycles. The highest BCUT2D eigenvalue weighted by Gasteiger charge is 2.04. The zero-order valence-corrected chi connectivity index (χ0v) is 7.00. The van der Waals surface area contributed by atoms with Crippen molar-refractivity contribution in [3.63, 3.8) is 0 Å². The summed E-state index contributed by atoms with van der Waals surface area (Å²) in [6.07, 6.45) is 1.69. The maximum atomic E-state index is 12.9. The minimum absolute atomic E-state index is 0.223. The van der Waals surface area contributed by atoms with Gasteiger partial charge in [-0.2, -0.15) is 0 Å². The monoisotopic (exact) mass is 164 g/mol. The van der Waals surface area contributed by atoms with E-state index in [2.05, 4.69) is 4.98 Å². The molecule has 0 fully saturated rings. The Bertz CT molecular complexity index is 431. The molecule has 1 aromatic heterocycles. The van der Waals surface area contributed by atoms with Crippen LogP contribution in [0, 0.1) is 12.7 Å². The molecule has 0 spiro atoms. The third-order valence-electron chi connectivity index (χ3n) is 1.97. The maximum absolute atomic E-state index is 12.9. The molecule has 0 aliphatic carbocycles. The molecule has 2 rings (SSSR count). The van der Waals surface area contributed by atoms with Gasteiger partial charge in [0.15, 0.2) is 0 Å². The number of aryl methyl sites for hydroxylation is 2. The number of rotatable bonds is 0. The molecule has 0 atom stereocenters. The summed E-state index contributed by atoms with van der Waals surface area (Å²) in [5, 5.41) is 0. The van der Waals surface area contributed by atoms with Crippen molar-refractivity contribution in [2.45, 2.75) is 6.92 Å². The first kappa shape index (κ1) is 7.28. The van der Waals surface area contributed by atoms with Gasteiger partial charge in [-0.1, -0.05) is 0 Å². The lowest BCUT2D eigenvalue weighted by molar-refractivity contribution is 0.628. The summed E-state index contributed by atoms with van der Waals surface area (Å²) in [6, 6.07) is 2.96. The minimum atomic E-state index is -0.223. The molecule has 62 valence electrons. The van der Waals surface area contributed by atoms with Crippen molar-refractivity contribution in [3.05, 3.63) is 29.8 Å². The summed E-state index contributed by atoms with van der Waals surface area (Å²) in [5.41, 5.74) is 2.64. The van der Waals surface area contributed by atoms with Crippen LogP contribution in [0.1, 0.15) is 5.56 Å². The lowest BCUT2D eigenvalue weighted by atomic mass is 10.2. The van der Waals surface area contributed by atoms with E-state index in [0.29, 0.717) is 0 Å². The molecule has 0 amide bonds. The second-order valence-corrected chi connectivity index (χ2v) is 2.95. The number of hydrogen-bond donors (Lipinski definition) is 0. The number of aromatic nitrogens is 2. The van der Waals surface area contributed by atoms with Gasteiger partial charge in [0.1, 0.15) is 5.82 Å². The van der Waals surface area contributed by atoms with Crippen LogP contribution in [-0.4, -0.2) is 9.55 Å².